The molecule has 1 saturated heterocycles. The Morgan fingerprint density at radius 3 is 2.30 bits per heavy atom. The van der Waals surface area contributed by atoms with E-state index in [-0.39, 0.29) is 48.6 Å². The van der Waals surface area contributed by atoms with Gasteiger partial charge in [-0.1, -0.05) is 79.0 Å². The summed E-state index contributed by atoms with van der Waals surface area (Å²) in [6.07, 6.45) is 1.43. The molecule has 1 aliphatic rings. The number of ether oxygens (including phenoxy) is 1. The molecule has 8 heteroatoms. The molecule has 2 aromatic rings. The zero-order valence-electron chi connectivity index (χ0n) is 16.1. The zero-order chi connectivity index (χ0) is 20.7. The summed E-state index contributed by atoms with van der Waals surface area (Å²) in [5.41, 5.74) is 0.586. The molecule has 0 aliphatic carbocycles. The Bertz CT molecular complexity index is 858. The van der Waals surface area contributed by atoms with Gasteiger partial charge < -0.3 is 4.74 Å². The van der Waals surface area contributed by atoms with E-state index in [1.807, 2.05) is 36.4 Å². The first-order valence-corrected chi connectivity index (χ1v) is 11.3. The van der Waals surface area contributed by atoms with Crippen LogP contribution in [0.3, 0.4) is 0 Å². The number of carbonyl (C=O) groups excluding carboxylic acids is 3. The van der Waals surface area contributed by atoms with Crippen LogP contribution in [0.1, 0.15) is 30.1 Å². The second kappa shape index (κ2) is 12.3. The van der Waals surface area contributed by atoms with E-state index in [0.29, 0.717) is 18.5 Å². The number of hydrogen-bond donors (Lipinski definition) is 1. The number of carbonyl (C=O) groups is 3. The summed E-state index contributed by atoms with van der Waals surface area (Å²) in [4.78, 5) is 37.5. The minimum absolute atomic E-state index is 0. The van der Waals surface area contributed by atoms with Crippen molar-refractivity contribution in [3.8, 4) is 0 Å². The van der Waals surface area contributed by atoms with Crippen molar-refractivity contribution in [1.82, 2.24) is 5.32 Å². The normalized spacial score (nSPS) is 18.8. The Balaban J connectivity index is 0.00000320. The molecular formula is C22H25CaNO4S2. The fourth-order valence-corrected chi connectivity index (χ4v) is 4.99. The van der Waals surface area contributed by atoms with Crippen molar-refractivity contribution in [2.45, 2.75) is 29.5 Å². The van der Waals surface area contributed by atoms with Gasteiger partial charge in [0.25, 0.3) is 0 Å². The molecule has 1 N–H and O–H groups in total. The van der Waals surface area contributed by atoms with Crippen molar-refractivity contribution in [2.75, 3.05) is 12.3 Å². The van der Waals surface area contributed by atoms with Crippen molar-refractivity contribution >= 4 is 78.3 Å². The number of esters is 2. The van der Waals surface area contributed by atoms with E-state index in [2.05, 4.69) is 5.32 Å². The number of benzene rings is 2. The number of thioether (sulfide) groups is 2. The molecule has 0 aromatic heterocycles. The molecule has 0 bridgehead atoms. The quantitative estimate of drug-likeness (QED) is 0.378. The molecule has 1 fully saturated rings. The van der Waals surface area contributed by atoms with Crippen LogP contribution in [-0.4, -0.2) is 72.0 Å². The zero-order valence-corrected chi connectivity index (χ0v) is 17.8. The second-order valence-corrected chi connectivity index (χ2v) is 9.21. The summed E-state index contributed by atoms with van der Waals surface area (Å²) < 4.78 is 5.22. The van der Waals surface area contributed by atoms with Gasteiger partial charge in [0, 0.05) is 16.2 Å². The summed E-state index contributed by atoms with van der Waals surface area (Å²) >= 11 is 2.43. The Morgan fingerprint density at radius 1 is 1.07 bits per heavy atom. The van der Waals surface area contributed by atoms with Crippen LogP contribution in [0.15, 0.2) is 65.6 Å². The number of rotatable bonds is 7. The molecule has 30 heavy (non-hydrogen) atoms. The molecule has 3 rings (SSSR count). The molecule has 1 heterocycles. The van der Waals surface area contributed by atoms with Gasteiger partial charge in [-0.05, 0) is 31.5 Å². The summed E-state index contributed by atoms with van der Waals surface area (Å²) in [5, 5.41) is 3.10. The van der Waals surface area contributed by atoms with Crippen LogP contribution in [-0.2, 0) is 14.3 Å². The molecule has 0 unspecified atom stereocenters. The van der Waals surface area contributed by atoms with Crippen LogP contribution in [0.4, 0.5) is 0 Å². The Morgan fingerprint density at radius 2 is 1.70 bits per heavy atom. The third kappa shape index (κ3) is 6.84. The molecular weight excluding hydrogens is 446 g/mol. The van der Waals surface area contributed by atoms with Gasteiger partial charge in [0.15, 0.2) is 4.87 Å². The third-order valence-corrected chi connectivity index (χ3v) is 7.09. The first-order chi connectivity index (χ1) is 14.0. The van der Waals surface area contributed by atoms with Crippen LogP contribution >= 0.6 is 23.5 Å². The van der Waals surface area contributed by atoms with Crippen LogP contribution in [0.25, 0.3) is 0 Å². The van der Waals surface area contributed by atoms with Crippen molar-refractivity contribution in [3.63, 3.8) is 0 Å². The van der Waals surface area contributed by atoms with Crippen molar-refractivity contribution in [3.05, 3.63) is 66.2 Å². The van der Waals surface area contributed by atoms with Crippen molar-refractivity contribution in [2.24, 2.45) is 5.92 Å². The van der Waals surface area contributed by atoms with Crippen LogP contribution in [0.5, 0.6) is 0 Å². The fraction of sp³-hybridized carbons (Fsp3) is 0.318. The molecule has 0 saturated carbocycles. The first-order valence-electron chi connectivity index (χ1n) is 9.47. The van der Waals surface area contributed by atoms with E-state index in [1.165, 1.54) is 11.8 Å². The average molecular weight is 472 g/mol. The molecule has 2 atom stereocenters. The topological polar surface area (TPSA) is 72.5 Å². The summed E-state index contributed by atoms with van der Waals surface area (Å²) in [5.74, 6) is -1.49. The van der Waals surface area contributed by atoms with Crippen LogP contribution < -0.4 is 5.32 Å². The van der Waals surface area contributed by atoms with Gasteiger partial charge in [-0.15, -0.1) is 0 Å². The van der Waals surface area contributed by atoms with E-state index in [0.717, 1.165) is 23.1 Å². The van der Waals surface area contributed by atoms with E-state index < -0.39 is 22.7 Å². The Kier molecular flexibility index (Phi) is 10.4. The monoisotopic (exact) mass is 471 g/mol. The third-order valence-electron chi connectivity index (χ3n) is 4.55. The van der Waals surface area contributed by atoms with Gasteiger partial charge in [0.2, 0.25) is 5.12 Å². The minimum atomic E-state index is -0.955. The number of hydrogen-bond acceptors (Lipinski definition) is 7. The first kappa shape index (κ1) is 25.4. The van der Waals surface area contributed by atoms with Gasteiger partial charge in [-0.2, -0.15) is 0 Å². The predicted octanol–water partition coefficient (Wildman–Crippen LogP) is 3.22. The van der Waals surface area contributed by atoms with E-state index >= 15 is 0 Å². The van der Waals surface area contributed by atoms with Crippen molar-refractivity contribution in [1.29, 1.82) is 0 Å². The van der Waals surface area contributed by atoms with Crippen molar-refractivity contribution < 1.29 is 19.1 Å². The summed E-state index contributed by atoms with van der Waals surface area (Å²) in [6.45, 7) is 2.36. The molecule has 1 aliphatic heterocycles. The predicted molar refractivity (Wildman–Crippen MR) is 124 cm³/mol. The average Bonchev–Trinajstić information content (AvgIpc) is 3.22. The fourth-order valence-electron chi connectivity index (χ4n) is 2.91. The SMILES string of the molecule is C[C@H](CSC(=O)c1ccccc1)C(=O)OC(=O)[C@@]1(Sc2ccccc2)CCCN1.[CaH2]. The molecule has 5 nitrogen and oxygen atoms in total. The maximum atomic E-state index is 12.8. The van der Waals surface area contributed by atoms with Gasteiger partial charge in [0.05, 0.1) is 5.92 Å². The maximum absolute atomic E-state index is 12.8. The molecule has 0 spiro atoms. The number of nitrogens with one attached hydrogen (secondary N) is 1. The molecule has 2 aromatic carbocycles. The second-order valence-electron chi connectivity index (χ2n) is 6.85. The summed E-state index contributed by atoms with van der Waals surface area (Å²) in [7, 11) is 0. The van der Waals surface area contributed by atoms with E-state index in [9.17, 15) is 14.4 Å². The van der Waals surface area contributed by atoms with Gasteiger partial charge in [-0.25, -0.2) is 4.79 Å². The van der Waals surface area contributed by atoms with Gasteiger partial charge in [0.1, 0.15) is 0 Å². The van der Waals surface area contributed by atoms with E-state index in [1.54, 1.807) is 31.2 Å². The molecule has 0 radical (unpaired) electrons. The molecule has 156 valence electrons. The Hall–Kier alpha value is -0.830. The summed E-state index contributed by atoms with van der Waals surface area (Å²) in [6, 6.07) is 18.5. The Labute approximate surface area is 215 Å². The van der Waals surface area contributed by atoms with Gasteiger partial charge in [-0.3, -0.25) is 14.9 Å². The molecule has 0 amide bonds. The van der Waals surface area contributed by atoms with Crippen LogP contribution in [0, 0.1) is 5.92 Å². The standard InChI is InChI=1S/C22H23NO4S2.Ca.2H/c1-16(15-28-20(25)17-9-4-2-5-10-17)19(24)27-21(26)22(13-8-14-23-22)29-18-11-6-3-7-12-18;;;/h2-7,9-12,16,23H,8,13-15H2,1H3;;;/t16-,22+;;;/m1.../s1. The van der Waals surface area contributed by atoms with E-state index in [4.69, 9.17) is 4.74 Å². The van der Waals surface area contributed by atoms with Crippen LogP contribution in [0.2, 0.25) is 0 Å². The van der Waals surface area contributed by atoms with Gasteiger partial charge >= 0.3 is 49.7 Å².